The van der Waals surface area contributed by atoms with Gasteiger partial charge in [-0.25, -0.2) is 4.79 Å². The topological polar surface area (TPSA) is 62.4 Å². The molecule has 0 bridgehead atoms. The van der Waals surface area contributed by atoms with Crippen LogP contribution in [0, 0.1) is 0 Å². The minimum absolute atomic E-state index is 0.283. The first kappa shape index (κ1) is 19.2. The molecule has 1 aliphatic rings. The van der Waals surface area contributed by atoms with Crippen molar-refractivity contribution < 1.29 is 9.53 Å². The lowest BCUT2D eigenvalue weighted by Gasteiger charge is -2.29. The van der Waals surface area contributed by atoms with Gasteiger partial charge < -0.3 is 20.7 Å². The second kappa shape index (κ2) is 9.36. The maximum atomic E-state index is 11.7. The van der Waals surface area contributed by atoms with Gasteiger partial charge >= 0.3 is 6.09 Å². The minimum atomic E-state index is -0.445. The van der Waals surface area contributed by atoms with Crippen molar-refractivity contribution in [2.24, 2.45) is 0 Å². The number of alkyl carbamates (subject to hydrolysis) is 1. The molecule has 3 unspecified atom stereocenters. The molecular formula is C17H35N3O2. The predicted octanol–water partition coefficient (Wildman–Crippen LogP) is 2.80. The Bertz CT molecular complexity index is 322. The van der Waals surface area contributed by atoms with Crippen molar-refractivity contribution >= 4 is 6.09 Å². The molecule has 1 fully saturated rings. The van der Waals surface area contributed by atoms with E-state index in [1.807, 2.05) is 20.8 Å². The van der Waals surface area contributed by atoms with Crippen molar-refractivity contribution in [3.63, 3.8) is 0 Å². The zero-order valence-corrected chi connectivity index (χ0v) is 15.0. The van der Waals surface area contributed by atoms with Crippen molar-refractivity contribution in [1.82, 2.24) is 16.0 Å². The van der Waals surface area contributed by atoms with E-state index in [4.69, 9.17) is 4.74 Å². The van der Waals surface area contributed by atoms with Crippen molar-refractivity contribution in [3.8, 4) is 0 Å². The van der Waals surface area contributed by atoms with Crippen LogP contribution in [-0.4, -0.2) is 42.9 Å². The first-order valence-electron chi connectivity index (χ1n) is 8.76. The summed E-state index contributed by atoms with van der Waals surface area (Å²) in [4.78, 5) is 11.7. The number of ether oxygens (including phenoxy) is 1. The molecule has 0 saturated carbocycles. The predicted molar refractivity (Wildman–Crippen MR) is 91.2 cm³/mol. The Balaban J connectivity index is 2.26. The minimum Gasteiger partial charge on any atom is -0.444 e. The van der Waals surface area contributed by atoms with E-state index >= 15 is 0 Å². The Morgan fingerprint density at radius 3 is 2.64 bits per heavy atom. The van der Waals surface area contributed by atoms with Crippen molar-refractivity contribution in [2.45, 2.75) is 90.4 Å². The second-order valence-corrected chi connectivity index (χ2v) is 7.44. The van der Waals surface area contributed by atoms with Gasteiger partial charge in [0.15, 0.2) is 0 Å². The highest BCUT2D eigenvalue weighted by Crippen LogP contribution is 2.12. The third kappa shape index (κ3) is 8.59. The number of amides is 1. The van der Waals surface area contributed by atoms with E-state index in [1.165, 1.54) is 19.3 Å². The molecule has 1 aliphatic heterocycles. The number of hydrogen-bond donors (Lipinski definition) is 3. The summed E-state index contributed by atoms with van der Waals surface area (Å²) >= 11 is 0. The average Bonchev–Trinajstić information content (AvgIpc) is 2.42. The van der Waals surface area contributed by atoms with Gasteiger partial charge in [0.25, 0.3) is 0 Å². The molecule has 130 valence electrons. The standard InChI is InChI=1S/C17H35N3O2/c1-6-14(12-19-16(21)22-17(3,4)5)20-13(2)11-15-9-7-8-10-18-15/h13-15,18,20H,6-12H2,1-5H3,(H,19,21). The number of nitrogens with one attached hydrogen (secondary N) is 3. The Kier molecular flexibility index (Phi) is 8.18. The van der Waals surface area contributed by atoms with E-state index in [0.29, 0.717) is 18.6 Å². The van der Waals surface area contributed by atoms with Crippen LogP contribution < -0.4 is 16.0 Å². The van der Waals surface area contributed by atoms with Gasteiger partial charge in [0.05, 0.1) is 0 Å². The molecule has 0 radical (unpaired) electrons. The Labute approximate surface area is 135 Å². The zero-order chi connectivity index (χ0) is 16.6. The van der Waals surface area contributed by atoms with E-state index in [1.54, 1.807) is 0 Å². The quantitative estimate of drug-likeness (QED) is 0.676. The largest absolute Gasteiger partial charge is 0.444 e. The number of piperidine rings is 1. The number of carbonyl (C=O) groups excluding carboxylic acids is 1. The fourth-order valence-electron chi connectivity index (χ4n) is 2.86. The van der Waals surface area contributed by atoms with Crippen molar-refractivity contribution in [3.05, 3.63) is 0 Å². The molecule has 0 aromatic rings. The highest BCUT2D eigenvalue weighted by Gasteiger charge is 2.19. The van der Waals surface area contributed by atoms with Gasteiger partial charge in [0.2, 0.25) is 0 Å². The SMILES string of the molecule is CCC(CNC(=O)OC(C)(C)C)NC(C)CC1CCCCN1. The van der Waals surface area contributed by atoms with Gasteiger partial charge in [-0.1, -0.05) is 13.3 Å². The molecule has 1 amide bonds. The number of rotatable bonds is 7. The third-order valence-corrected chi connectivity index (χ3v) is 3.96. The van der Waals surface area contributed by atoms with Crippen LogP contribution in [0.2, 0.25) is 0 Å². The van der Waals surface area contributed by atoms with Crippen LogP contribution in [-0.2, 0) is 4.74 Å². The molecule has 0 aliphatic carbocycles. The third-order valence-electron chi connectivity index (χ3n) is 3.96. The summed E-state index contributed by atoms with van der Waals surface area (Å²) in [5.41, 5.74) is -0.445. The Morgan fingerprint density at radius 2 is 2.09 bits per heavy atom. The molecule has 3 N–H and O–H groups in total. The van der Waals surface area contributed by atoms with Crippen LogP contribution in [0.4, 0.5) is 4.79 Å². The number of hydrogen-bond acceptors (Lipinski definition) is 4. The molecule has 0 aromatic heterocycles. The molecule has 1 heterocycles. The first-order valence-corrected chi connectivity index (χ1v) is 8.76. The van der Waals surface area contributed by atoms with Gasteiger partial charge in [-0.15, -0.1) is 0 Å². The monoisotopic (exact) mass is 313 g/mol. The van der Waals surface area contributed by atoms with Crippen LogP contribution in [0.15, 0.2) is 0 Å². The zero-order valence-electron chi connectivity index (χ0n) is 15.0. The van der Waals surface area contributed by atoms with E-state index < -0.39 is 5.60 Å². The molecule has 5 nitrogen and oxygen atoms in total. The van der Waals surface area contributed by atoms with Crippen LogP contribution >= 0.6 is 0 Å². The summed E-state index contributed by atoms with van der Waals surface area (Å²) in [6, 6.07) is 1.36. The Hall–Kier alpha value is -0.810. The van der Waals surface area contributed by atoms with Crippen molar-refractivity contribution in [2.75, 3.05) is 13.1 Å². The number of carbonyl (C=O) groups is 1. The molecule has 5 heteroatoms. The summed E-state index contributed by atoms with van der Waals surface area (Å²) in [5.74, 6) is 0. The highest BCUT2D eigenvalue weighted by atomic mass is 16.6. The van der Waals surface area contributed by atoms with Crippen LogP contribution in [0.1, 0.15) is 66.7 Å². The van der Waals surface area contributed by atoms with Gasteiger partial charge in [0, 0.05) is 24.7 Å². The summed E-state index contributed by atoms with van der Waals surface area (Å²) < 4.78 is 5.27. The van der Waals surface area contributed by atoms with Crippen LogP contribution in [0.3, 0.4) is 0 Å². The normalized spacial score (nSPS) is 22.0. The molecular weight excluding hydrogens is 278 g/mol. The smallest absolute Gasteiger partial charge is 0.407 e. The van der Waals surface area contributed by atoms with E-state index in [2.05, 4.69) is 29.8 Å². The van der Waals surface area contributed by atoms with Gasteiger partial charge in [0.1, 0.15) is 5.60 Å². The van der Waals surface area contributed by atoms with Crippen molar-refractivity contribution in [1.29, 1.82) is 0 Å². The summed E-state index contributed by atoms with van der Waals surface area (Å²) in [7, 11) is 0. The summed E-state index contributed by atoms with van der Waals surface area (Å²) in [6.07, 6.45) is 5.70. The summed E-state index contributed by atoms with van der Waals surface area (Å²) in [6.45, 7) is 11.7. The van der Waals surface area contributed by atoms with Gasteiger partial charge in [-0.2, -0.15) is 0 Å². The van der Waals surface area contributed by atoms with Crippen LogP contribution in [0.5, 0.6) is 0 Å². The molecule has 1 rings (SSSR count). The lowest BCUT2D eigenvalue weighted by molar-refractivity contribution is 0.0521. The molecule has 0 aromatic carbocycles. The second-order valence-electron chi connectivity index (χ2n) is 7.44. The fraction of sp³-hybridized carbons (Fsp3) is 0.941. The molecule has 0 spiro atoms. The molecule has 1 saturated heterocycles. The average molecular weight is 313 g/mol. The van der Waals surface area contributed by atoms with Gasteiger partial charge in [-0.05, 0) is 59.9 Å². The van der Waals surface area contributed by atoms with E-state index in [9.17, 15) is 4.79 Å². The molecule has 22 heavy (non-hydrogen) atoms. The van der Waals surface area contributed by atoms with E-state index in [0.717, 1.165) is 19.4 Å². The molecule has 3 atom stereocenters. The maximum Gasteiger partial charge on any atom is 0.407 e. The first-order chi connectivity index (χ1) is 10.3. The lowest BCUT2D eigenvalue weighted by Crippen LogP contribution is -2.47. The van der Waals surface area contributed by atoms with E-state index in [-0.39, 0.29) is 12.1 Å². The Morgan fingerprint density at radius 1 is 1.36 bits per heavy atom. The van der Waals surface area contributed by atoms with Gasteiger partial charge in [-0.3, -0.25) is 0 Å². The lowest BCUT2D eigenvalue weighted by atomic mass is 9.98. The van der Waals surface area contributed by atoms with Crippen LogP contribution in [0.25, 0.3) is 0 Å². The summed E-state index contributed by atoms with van der Waals surface area (Å²) in [5, 5.41) is 10.1. The maximum absolute atomic E-state index is 11.7. The fourth-order valence-corrected chi connectivity index (χ4v) is 2.86. The highest BCUT2D eigenvalue weighted by molar-refractivity contribution is 5.67.